The van der Waals surface area contributed by atoms with Crippen LogP contribution in [0.4, 0.5) is 10.5 Å². The number of halogens is 2. The molecule has 3 amide bonds. The van der Waals surface area contributed by atoms with Crippen LogP contribution >= 0.6 is 27.5 Å². The van der Waals surface area contributed by atoms with E-state index in [0.717, 1.165) is 4.47 Å². The molecule has 7 nitrogen and oxygen atoms in total. The lowest BCUT2D eigenvalue weighted by molar-refractivity contribution is -0.123. The Balaban J connectivity index is 1.65. The fraction of sp³-hybridized carbons (Fsp3) is 0.526. The average Bonchev–Trinajstić information content (AvgIpc) is 2.88. The lowest BCUT2D eigenvalue weighted by Crippen LogP contribution is -2.54. The summed E-state index contributed by atoms with van der Waals surface area (Å²) in [6.07, 6.45) is -0.248. The predicted molar refractivity (Wildman–Crippen MR) is 109 cm³/mol. The van der Waals surface area contributed by atoms with Gasteiger partial charge in [0.2, 0.25) is 5.91 Å². The maximum atomic E-state index is 12.9. The maximum absolute atomic E-state index is 12.9. The lowest BCUT2D eigenvalue weighted by Gasteiger charge is -2.37. The molecule has 3 rings (SSSR count). The molecule has 1 atom stereocenters. The van der Waals surface area contributed by atoms with Gasteiger partial charge in [-0.3, -0.25) is 14.5 Å². The van der Waals surface area contributed by atoms with Crippen LogP contribution in [-0.4, -0.2) is 65.5 Å². The van der Waals surface area contributed by atoms with E-state index in [9.17, 15) is 14.4 Å². The van der Waals surface area contributed by atoms with Crippen molar-refractivity contribution in [2.75, 3.05) is 31.1 Å². The van der Waals surface area contributed by atoms with Gasteiger partial charge in [0.1, 0.15) is 5.60 Å². The second-order valence-corrected chi connectivity index (χ2v) is 9.21. The van der Waals surface area contributed by atoms with E-state index >= 15 is 0 Å². The maximum Gasteiger partial charge on any atom is 0.410 e. The van der Waals surface area contributed by atoms with Crippen LogP contribution in [0.15, 0.2) is 22.7 Å². The number of amides is 3. The van der Waals surface area contributed by atoms with Crippen LogP contribution in [0.25, 0.3) is 0 Å². The van der Waals surface area contributed by atoms with Crippen molar-refractivity contribution in [3.8, 4) is 0 Å². The van der Waals surface area contributed by atoms with Crippen LogP contribution < -0.4 is 4.90 Å². The number of benzene rings is 1. The largest absolute Gasteiger partial charge is 0.444 e. The van der Waals surface area contributed by atoms with Gasteiger partial charge < -0.3 is 9.64 Å². The van der Waals surface area contributed by atoms with Gasteiger partial charge in [-0.1, -0.05) is 27.5 Å². The normalized spacial score (nSPS) is 21.4. The van der Waals surface area contributed by atoms with E-state index in [1.54, 1.807) is 23.1 Å². The zero-order chi connectivity index (χ0) is 20.6. The van der Waals surface area contributed by atoms with Crippen LogP contribution in [0.2, 0.25) is 5.02 Å². The summed E-state index contributed by atoms with van der Waals surface area (Å²) < 4.78 is 6.17. The molecular weight excluding hydrogens is 450 g/mol. The molecule has 152 valence electrons. The Kier molecular flexibility index (Phi) is 6.03. The van der Waals surface area contributed by atoms with E-state index in [2.05, 4.69) is 15.9 Å². The van der Waals surface area contributed by atoms with E-state index in [-0.39, 0.29) is 24.3 Å². The number of ether oxygens (including phenoxy) is 1. The molecule has 0 saturated carbocycles. The standard InChI is InChI=1S/C19H23BrClN3O4/c1-19(2,3)28-18(27)23-8-6-22(7-9-23)15-11-16(25)24(17(15)26)14-5-4-12(20)10-13(14)21/h4-5,10,15H,6-9,11H2,1-3H3/t15-/m1/s1. The van der Waals surface area contributed by atoms with E-state index in [1.165, 1.54) is 4.90 Å². The van der Waals surface area contributed by atoms with Crippen LogP contribution in [0.3, 0.4) is 0 Å². The van der Waals surface area contributed by atoms with Crippen molar-refractivity contribution in [2.45, 2.75) is 38.8 Å². The summed E-state index contributed by atoms with van der Waals surface area (Å²) in [6, 6.07) is 4.53. The van der Waals surface area contributed by atoms with Crippen LogP contribution in [0.1, 0.15) is 27.2 Å². The topological polar surface area (TPSA) is 70.2 Å². The Labute approximate surface area is 177 Å². The van der Waals surface area contributed by atoms with Gasteiger partial charge in [-0.15, -0.1) is 0 Å². The number of piperazine rings is 1. The van der Waals surface area contributed by atoms with Crippen molar-refractivity contribution < 1.29 is 19.1 Å². The monoisotopic (exact) mass is 471 g/mol. The van der Waals surface area contributed by atoms with E-state index in [1.807, 2.05) is 25.7 Å². The fourth-order valence-electron chi connectivity index (χ4n) is 3.36. The minimum Gasteiger partial charge on any atom is -0.444 e. The Morgan fingerprint density at radius 2 is 1.82 bits per heavy atom. The first-order valence-electron chi connectivity index (χ1n) is 9.10. The SMILES string of the molecule is CC(C)(C)OC(=O)N1CCN([C@@H]2CC(=O)N(c3ccc(Br)cc3Cl)C2=O)CC1. The quantitative estimate of drug-likeness (QED) is 0.618. The van der Waals surface area contributed by atoms with E-state index in [4.69, 9.17) is 16.3 Å². The van der Waals surface area contributed by atoms with Gasteiger partial charge in [0.15, 0.2) is 0 Å². The Morgan fingerprint density at radius 1 is 1.18 bits per heavy atom. The molecular formula is C19H23BrClN3O4. The first-order valence-corrected chi connectivity index (χ1v) is 10.3. The molecule has 0 spiro atoms. The molecule has 2 heterocycles. The molecule has 0 N–H and O–H groups in total. The smallest absolute Gasteiger partial charge is 0.410 e. The molecule has 2 aliphatic heterocycles. The van der Waals surface area contributed by atoms with E-state index < -0.39 is 11.6 Å². The molecule has 2 aliphatic rings. The Hall–Kier alpha value is -1.64. The molecule has 9 heteroatoms. The highest BCUT2D eigenvalue weighted by Gasteiger charge is 2.44. The van der Waals surface area contributed by atoms with Gasteiger partial charge in [0.05, 0.1) is 23.2 Å². The third kappa shape index (κ3) is 4.50. The summed E-state index contributed by atoms with van der Waals surface area (Å²) in [5.74, 6) is -0.547. The second-order valence-electron chi connectivity index (χ2n) is 7.89. The molecule has 28 heavy (non-hydrogen) atoms. The molecule has 1 aromatic rings. The zero-order valence-electron chi connectivity index (χ0n) is 16.1. The minimum atomic E-state index is -0.549. The summed E-state index contributed by atoms with van der Waals surface area (Å²) in [5.41, 5.74) is -0.151. The lowest BCUT2D eigenvalue weighted by atomic mass is 10.1. The highest BCUT2D eigenvalue weighted by Crippen LogP contribution is 2.33. The summed E-state index contributed by atoms with van der Waals surface area (Å²) in [5, 5.41) is 0.339. The van der Waals surface area contributed by atoms with Crippen molar-refractivity contribution >= 4 is 51.1 Å². The molecule has 2 fully saturated rings. The first kappa shape index (κ1) is 21.1. The molecule has 0 radical (unpaired) electrons. The van der Waals surface area contributed by atoms with Crippen LogP contribution in [0, 0.1) is 0 Å². The van der Waals surface area contributed by atoms with Crippen molar-refractivity contribution in [3.63, 3.8) is 0 Å². The summed E-state index contributed by atoms with van der Waals surface area (Å²) in [7, 11) is 0. The summed E-state index contributed by atoms with van der Waals surface area (Å²) in [6.45, 7) is 7.39. The number of hydrogen-bond acceptors (Lipinski definition) is 5. The number of anilines is 1. The van der Waals surface area contributed by atoms with Crippen molar-refractivity contribution in [1.82, 2.24) is 9.80 Å². The Bertz CT molecular complexity index is 803. The van der Waals surface area contributed by atoms with Crippen molar-refractivity contribution in [1.29, 1.82) is 0 Å². The Morgan fingerprint density at radius 3 is 2.39 bits per heavy atom. The number of nitrogens with zero attached hydrogens (tertiary/aromatic N) is 3. The van der Waals surface area contributed by atoms with Gasteiger partial charge in [-0.2, -0.15) is 0 Å². The van der Waals surface area contributed by atoms with Gasteiger partial charge >= 0.3 is 6.09 Å². The van der Waals surface area contributed by atoms with Crippen LogP contribution in [0.5, 0.6) is 0 Å². The molecule has 2 saturated heterocycles. The number of rotatable bonds is 2. The van der Waals surface area contributed by atoms with Gasteiger partial charge in [0, 0.05) is 30.7 Å². The number of hydrogen-bond donors (Lipinski definition) is 0. The molecule has 0 bridgehead atoms. The second kappa shape index (κ2) is 8.00. The van der Waals surface area contributed by atoms with Crippen molar-refractivity contribution in [2.24, 2.45) is 0 Å². The van der Waals surface area contributed by atoms with Crippen LogP contribution in [-0.2, 0) is 14.3 Å². The fourth-order valence-corrected chi connectivity index (χ4v) is 4.12. The highest BCUT2D eigenvalue weighted by atomic mass is 79.9. The minimum absolute atomic E-state index is 0.109. The van der Waals surface area contributed by atoms with Gasteiger partial charge in [-0.05, 0) is 39.0 Å². The van der Waals surface area contributed by atoms with Crippen molar-refractivity contribution in [3.05, 3.63) is 27.7 Å². The van der Waals surface area contributed by atoms with E-state index in [0.29, 0.717) is 36.9 Å². The third-order valence-electron chi connectivity index (χ3n) is 4.68. The molecule has 0 aromatic heterocycles. The highest BCUT2D eigenvalue weighted by molar-refractivity contribution is 9.10. The van der Waals surface area contributed by atoms with Gasteiger partial charge in [0.25, 0.3) is 5.91 Å². The molecule has 0 unspecified atom stereocenters. The average molecular weight is 473 g/mol. The van der Waals surface area contributed by atoms with Gasteiger partial charge in [-0.25, -0.2) is 9.69 Å². The zero-order valence-corrected chi connectivity index (χ0v) is 18.4. The summed E-state index contributed by atoms with van der Waals surface area (Å²) >= 11 is 9.55. The molecule has 0 aliphatic carbocycles. The summed E-state index contributed by atoms with van der Waals surface area (Å²) in [4.78, 5) is 42.4. The predicted octanol–water partition coefficient (Wildman–Crippen LogP) is 3.29. The number of carbonyl (C=O) groups excluding carboxylic acids is 3. The number of imide groups is 1. The molecule has 1 aromatic carbocycles. The first-order chi connectivity index (χ1) is 13.1. The number of carbonyl (C=O) groups is 3. The third-order valence-corrected chi connectivity index (χ3v) is 5.48.